The van der Waals surface area contributed by atoms with Gasteiger partial charge in [0.15, 0.2) is 0 Å². The number of nitrogens with one attached hydrogen (secondary N) is 2. The topological polar surface area (TPSA) is 48.8 Å². The highest BCUT2D eigenvalue weighted by Gasteiger charge is 1.68. The zero-order chi connectivity index (χ0) is 6.24. The van der Waals surface area contributed by atoms with Crippen LogP contribution in [0.2, 0.25) is 0 Å². The first kappa shape index (κ1) is 7.36. The molecule has 8 heavy (non-hydrogen) atoms. The summed E-state index contributed by atoms with van der Waals surface area (Å²) in [5, 5.41) is 7.20. The summed E-state index contributed by atoms with van der Waals surface area (Å²) in [6.07, 6.45) is 0. The molecular weight excluding hydrogens is 104 g/mol. The second-order valence-electron chi connectivity index (χ2n) is 1.20. The average Bonchev–Trinajstić information content (AvgIpc) is 1.81. The number of hydrazine groups is 1. The van der Waals surface area contributed by atoms with Crippen LogP contribution in [0.1, 0.15) is 13.8 Å². The molecule has 0 aliphatic rings. The number of hydrogen-bond donors (Lipinski definition) is 2. The first-order valence-corrected chi connectivity index (χ1v) is 2.76. The Morgan fingerprint density at radius 1 is 1.38 bits per heavy atom. The Kier molecular flexibility index (Phi) is 5.85. The Bertz CT molecular complexity index is 61.1. The SMILES string of the molecule is CCN=NNNCC. The second kappa shape index (κ2) is 6.36. The molecule has 4 nitrogen and oxygen atoms in total. The van der Waals surface area contributed by atoms with Crippen LogP contribution in [-0.2, 0) is 0 Å². The fraction of sp³-hybridized carbons (Fsp3) is 1.00. The Hall–Kier alpha value is -0.640. The molecule has 0 spiro atoms. The van der Waals surface area contributed by atoms with Crippen LogP contribution >= 0.6 is 0 Å². The van der Waals surface area contributed by atoms with Crippen molar-refractivity contribution >= 4 is 0 Å². The standard InChI is InChI=1S/C4H12N4/c1-3-5-7-8-6-4-2/h3-4H2,1-2H3,(H,5,8)(H,6,7). The average molecular weight is 116 g/mol. The molecule has 2 N–H and O–H groups in total. The minimum absolute atomic E-state index is 0.721. The fourth-order valence-corrected chi connectivity index (χ4v) is 0.220. The van der Waals surface area contributed by atoms with Crippen molar-refractivity contribution in [2.24, 2.45) is 10.3 Å². The van der Waals surface area contributed by atoms with E-state index in [2.05, 4.69) is 21.3 Å². The van der Waals surface area contributed by atoms with Crippen molar-refractivity contribution in [3.63, 3.8) is 0 Å². The lowest BCUT2D eigenvalue weighted by atomic mass is 10.8. The van der Waals surface area contributed by atoms with Crippen molar-refractivity contribution in [3.05, 3.63) is 0 Å². The molecule has 48 valence electrons. The Morgan fingerprint density at radius 3 is 2.62 bits per heavy atom. The van der Waals surface area contributed by atoms with E-state index in [0.29, 0.717) is 0 Å². The van der Waals surface area contributed by atoms with Gasteiger partial charge in [0.2, 0.25) is 0 Å². The lowest BCUT2D eigenvalue weighted by Crippen LogP contribution is -2.25. The van der Waals surface area contributed by atoms with E-state index in [0.717, 1.165) is 13.1 Å². The molecule has 0 aromatic heterocycles. The van der Waals surface area contributed by atoms with Gasteiger partial charge < -0.3 is 0 Å². The van der Waals surface area contributed by atoms with Gasteiger partial charge >= 0.3 is 0 Å². The Morgan fingerprint density at radius 2 is 2.12 bits per heavy atom. The molecule has 0 aromatic carbocycles. The zero-order valence-electron chi connectivity index (χ0n) is 5.31. The molecule has 0 atom stereocenters. The van der Waals surface area contributed by atoms with Crippen molar-refractivity contribution < 1.29 is 0 Å². The van der Waals surface area contributed by atoms with Crippen LogP contribution in [0.4, 0.5) is 0 Å². The fourth-order valence-electron chi connectivity index (χ4n) is 0.220. The van der Waals surface area contributed by atoms with E-state index in [1.807, 2.05) is 13.8 Å². The summed E-state index contributed by atoms with van der Waals surface area (Å²) in [5.74, 6) is 0. The van der Waals surface area contributed by atoms with Gasteiger partial charge in [0.25, 0.3) is 0 Å². The van der Waals surface area contributed by atoms with Crippen molar-refractivity contribution in [1.29, 1.82) is 0 Å². The molecule has 4 heteroatoms. The van der Waals surface area contributed by atoms with E-state index < -0.39 is 0 Å². The molecule has 0 unspecified atom stereocenters. The molecule has 0 heterocycles. The highest BCUT2D eigenvalue weighted by molar-refractivity contribution is 4.23. The minimum Gasteiger partial charge on any atom is -0.224 e. The maximum absolute atomic E-state index is 3.66. The van der Waals surface area contributed by atoms with Gasteiger partial charge in [0.1, 0.15) is 0 Å². The number of rotatable bonds is 4. The zero-order valence-corrected chi connectivity index (χ0v) is 5.31. The van der Waals surface area contributed by atoms with Gasteiger partial charge in [-0.3, -0.25) is 0 Å². The third-order valence-electron chi connectivity index (χ3n) is 0.518. The highest BCUT2D eigenvalue weighted by atomic mass is 15.6. The van der Waals surface area contributed by atoms with Crippen LogP contribution in [0.5, 0.6) is 0 Å². The van der Waals surface area contributed by atoms with Gasteiger partial charge in [0.05, 0.1) is 6.54 Å². The maximum atomic E-state index is 3.66. The normalized spacial score (nSPS) is 10.2. The summed E-state index contributed by atoms with van der Waals surface area (Å²) < 4.78 is 0. The van der Waals surface area contributed by atoms with Crippen molar-refractivity contribution in [2.75, 3.05) is 13.1 Å². The molecule has 0 amide bonds. The molecule has 0 aromatic rings. The van der Waals surface area contributed by atoms with Crippen LogP contribution in [0.3, 0.4) is 0 Å². The van der Waals surface area contributed by atoms with E-state index in [9.17, 15) is 0 Å². The molecule has 0 bridgehead atoms. The van der Waals surface area contributed by atoms with Gasteiger partial charge in [-0.05, 0) is 6.92 Å². The van der Waals surface area contributed by atoms with Gasteiger partial charge in [-0.2, -0.15) is 5.11 Å². The van der Waals surface area contributed by atoms with Crippen LogP contribution in [0.15, 0.2) is 10.3 Å². The molecule has 0 rings (SSSR count). The van der Waals surface area contributed by atoms with E-state index in [-0.39, 0.29) is 0 Å². The maximum Gasteiger partial charge on any atom is 0.0592 e. The molecular formula is C4H12N4. The molecule has 0 saturated heterocycles. The number of nitrogens with zero attached hydrogens (tertiary/aromatic N) is 2. The van der Waals surface area contributed by atoms with E-state index in [1.54, 1.807) is 0 Å². The number of hydrogen-bond acceptors (Lipinski definition) is 3. The molecule has 0 aliphatic heterocycles. The third-order valence-corrected chi connectivity index (χ3v) is 0.518. The molecule has 0 saturated carbocycles. The smallest absolute Gasteiger partial charge is 0.0592 e. The predicted octanol–water partition coefficient (Wildman–Crippen LogP) is 0.488. The monoisotopic (exact) mass is 116 g/mol. The lowest BCUT2D eigenvalue weighted by Gasteiger charge is -1.93. The summed E-state index contributed by atoms with van der Waals surface area (Å²) in [6, 6.07) is 0. The molecule has 0 fully saturated rings. The van der Waals surface area contributed by atoms with Crippen LogP contribution < -0.4 is 11.0 Å². The summed E-state index contributed by atoms with van der Waals surface area (Å²) in [5.41, 5.74) is 5.32. The highest BCUT2D eigenvalue weighted by Crippen LogP contribution is 1.64. The third kappa shape index (κ3) is 5.36. The minimum atomic E-state index is 0.721. The summed E-state index contributed by atoms with van der Waals surface area (Å²) in [7, 11) is 0. The summed E-state index contributed by atoms with van der Waals surface area (Å²) >= 11 is 0. The van der Waals surface area contributed by atoms with Crippen LogP contribution in [0.25, 0.3) is 0 Å². The van der Waals surface area contributed by atoms with Crippen molar-refractivity contribution in [3.8, 4) is 0 Å². The second-order valence-corrected chi connectivity index (χ2v) is 1.20. The van der Waals surface area contributed by atoms with Gasteiger partial charge in [-0.15, -0.1) is 0 Å². The van der Waals surface area contributed by atoms with E-state index in [4.69, 9.17) is 0 Å². The quantitative estimate of drug-likeness (QED) is 0.319. The predicted molar refractivity (Wildman–Crippen MR) is 32.2 cm³/mol. The van der Waals surface area contributed by atoms with Crippen LogP contribution in [0, 0.1) is 0 Å². The van der Waals surface area contributed by atoms with Crippen molar-refractivity contribution in [2.45, 2.75) is 13.8 Å². The van der Waals surface area contributed by atoms with Gasteiger partial charge in [-0.1, -0.05) is 12.1 Å². The van der Waals surface area contributed by atoms with E-state index >= 15 is 0 Å². The summed E-state index contributed by atoms with van der Waals surface area (Å²) in [4.78, 5) is 0. The molecule has 0 radical (unpaired) electrons. The summed E-state index contributed by atoms with van der Waals surface area (Å²) in [6.45, 7) is 5.48. The van der Waals surface area contributed by atoms with Gasteiger partial charge in [0, 0.05) is 6.54 Å². The Labute approximate surface area is 49.3 Å². The lowest BCUT2D eigenvalue weighted by molar-refractivity contribution is 0.545. The van der Waals surface area contributed by atoms with E-state index in [1.165, 1.54) is 0 Å². The first-order valence-electron chi connectivity index (χ1n) is 2.76. The van der Waals surface area contributed by atoms with Crippen LogP contribution in [-0.4, -0.2) is 13.1 Å². The first-order chi connectivity index (χ1) is 3.91. The van der Waals surface area contributed by atoms with Gasteiger partial charge in [-0.25, -0.2) is 11.0 Å². The van der Waals surface area contributed by atoms with Crippen molar-refractivity contribution in [1.82, 2.24) is 11.0 Å². The Balaban J connectivity index is 2.80. The molecule has 0 aliphatic carbocycles. The largest absolute Gasteiger partial charge is 0.224 e.